The van der Waals surface area contributed by atoms with Gasteiger partial charge in [-0.2, -0.15) is 0 Å². The highest BCUT2D eigenvalue weighted by Crippen LogP contribution is 2.28. The number of rotatable bonds is 33. The van der Waals surface area contributed by atoms with Crippen molar-refractivity contribution in [1.82, 2.24) is 47.2 Å². The lowest BCUT2D eigenvalue weighted by molar-refractivity contribution is -0.141. The van der Waals surface area contributed by atoms with Gasteiger partial charge < -0.3 is 69.6 Å². The minimum atomic E-state index is -1.82. The number of aromatic nitrogens is 2. The Kier molecular flexibility index (Phi) is 36.0. The number of nitrogens with two attached hydrogens (primary N) is 3. The number of primary amides is 1. The fraction of sp³-hybridized carbons (Fsp3) is 0.657. The Morgan fingerprint density at radius 3 is 1.94 bits per heavy atom. The lowest BCUT2D eigenvalue weighted by Crippen LogP contribution is -2.58. The molecule has 0 saturated carbocycles. The number of thioether (sulfide) groups is 1. The van der Waals surface area contributed by atoms with Crippen LogP contribution < -0.4 is 54.4 Å². The summed E-state index contributed by atoms with van der Waals surface area (Å²) in [6.07, 6.45) is -0.534. The van der Waals surface area contributed by atoms with Crippen molar-refractivity contribution >= 4 is 99.1 Å². The van der Waals surface area contributed by atoms with Crippen LogP contribution in [-0.4, -0.2) is 175 Å². The normalized spacial score (nSPS) is 23.4. The molecule has 3 heterocycles. The first-order chi connectivity index (χ1) is 47.4. The lowest BCUT2D eigenvalue weighted by atomic mass is 9.84. The molecule has 100 heavy (non-hydrogen) atoms. The zero-order valence-corrected chi connectivity index (χ0v) is 59.8. The fourth-order valence-electron chi connectivity index (χ4n) is 12.0. The molecule has 2 aliphatic rings. The molecule has 2 aromatic rings. The van der Waals surface area contributed by atoms with Crippen LogP contribution in [0.2, 0.25) is 0 Å². The van der Waals surface area contributed by atoms with Crippen molar-refractivity contribution in [3.05, 3.63) is 54.1 Å². The van der Waals surface area contributed by atoms with E-state index in [2.05, 4.69) is 52.2 Å². The largest absolute Gasteiger partial charge is 0.481 e. The minimum Gasteiger partial charge on any atom is -0.481 e. The number of amides is 8. The van der Waals surface area contributed by atoms with Gasteiger partial charge in [-0.15, -0.1) is 11.8 Å². The molecule has 15 atom stereocenters. The number of benzene rings is 1. The van der Waals surface area contributed by atoms with Crippen LogP contribution in [-0.2, 0) is 80.0 Å². The lowest BCUT2D eigenvalue weighted by Gasteiger charge is -2.29. The van der Waals surface area contributed by atoms with E-state index in [0.29, 0.717) is 29.2 Å². The molecule has 0 bridgehead atoms. The maximum Gasteiger partial charge on any atom is 0.305 e. The van der Waals surface area contributed by atoms with Crippen LogP contribution in [0.4, 0.5) is 0 Å². The number of carboxylic acid groups (broad SMARTS) is 2. The topological polar surface area (TPSA) is 483 Å². The molecule has 1 aromatic heterocycles. The summed E-state index contributed by atoms with van der Waals surface area (Å²) < 4.78 is 0. The van der Waals surface area contributed by atoms with Crippen LogP contribution in [0, 0.1) is 47.3 Å². The van der Waals surface area contributed by atoms with E-state index in [1.165, 1.54) is 24.3 Å². The number of aromatic amines is 1. The number of carbonyl (C=O) groups is 14. The number of carboxylic acids is 2. The molecule has 1 fully saturated rings. The first kappa shape index (κ1) is 84.2. The van der Waals surface area contributed by atoms with Gasteiger partial charge in [-0.3, -0.25) is 72.1 Å². The number of Topliss-reactive ketones (excluding diaryl/α,β-unsaturated/α-hetero) is 4. The van der Waals surface area contributed by atoms with E-state index >= 15 is 9.59 Å². The van der Waals surface area contributed by atoms with Crippen molar-refractivity contribution in [2.75, 3.05) is 18.8 Å². The molecule has 0 aliphatic carbocycles. The van der Waals surface area contributed by atoms with Gasteiger partial charge in [0.15, 0.2) is 23.1 Å². The second kappa shape index (κ2) is 42.8. The zero-order valence-electron chi connectivity index (χ0n) is 59.0. The molecule has 4 rings (SSSR count). The van der Waals surface area contributed by atoms with Crippen LogP contribution >= 0.6 is 11.8 Å². The maximum atomic E-state index is 15.0. The number of nitrogens with zero attached hydrogens (tertiary/aromatic N) is 2. The Balaban J connectivity index is 1.77. The summed E-state index contributed by atoms with van der Waals surface area (Å²) in [5.74, 6) is -18.1. The van der Waals surface area contributed by atoms with Crippen molar-refractivity contribution in [1.29, 1.82) is 0 Å². The van der Waals surface area contributed by atoms with E-state index in [4.69, 9.17) is 17.2 Å². The van der Waals surface area contributed by atoms with Gasteiger partial charge in [0.2, 0.25) is 47.3 Å². The molecule has 0 radical (unpaired) electrons. The Labute approximate surface area is 589 Å². The number of imidazole rings is 1. The van der Waals surface area contributed by atoms with Crippen molar-refractivity contribution in [3.8, 4) is 0 Å². The van der Waals surface area contributed by atoms with Gasteiger partial charge in [0.25, 0.3) is 0 Å². The van der Waals surface area contributed by atoms with Crippen LogP contribution in [0.5, 0.6) is 0 Å². The number of ketones is 4. The van der Waals surface area contributed by atoms with Gasteiger partial charge in [0, 0.05) is 87.6 Å². The van der Waals surface area contributed by atoms with Gasteiger partial charge >= 0.3 is 11.9 Å². The van der Waals surface area contributed by atoms with Crippen molar-refractivity contribution in [3.63, 3.8) is 0 Å². The Bertz CT molecular complexity index is 3150. The van der Waals surface area contributed by atoms with E-state index in [9.17, 15) is 67.7 Å². The maximum absolute atomic E-state index is 15.0. The molecule has 8 amide bonds. The average Bonchev–Trinajstić information content (AvgIpc) is 1.37. The molecule has 0 spiro atoms. The van der Waals surface area contributed by atoms with Crippen molar-refractivity contribution in [2.45, 2.75) is 226 Å². The summed E-state index contributed by atoms with van der Waals surface area (Å²) in [6.45, 7) is 14.6. The summed E-state index contributed by atoms with van der Waals surface area (Å²) in [5, 5.41) is 39.5. The van der Waals surface area contributed by atoms with Crippen molar-refractivity contribution in [2.24, 2.45) is 69.5 Å². The standard InChI is InChI=1S/C70H107N13O16S/c1-9-39(6)47-33-56(86)48(21-17-24-71)77-64(94)43(29-57(87)62(41(8)11-3)83-65(95)44(22-23-59(89)90)28-54(84)49(26-38(4)5)78-69(99)53-36-100-70(82-53)61(73)40(7)10-2)20-15-16-25-75-63(93)45(31-58(72)88)30-55(85)50(34-60(91)92)79-68(98)52(32-46-35-74-37-76-46)81-67(97)51(80-66(47)96)27-42-18-13-12-14-19-42/h12-14,18-19,35,37-41,43-45,47-53,61-62H,9-11,15-17,20-34,36,71,73H2,1-8H3,(H2,72,88)(H,74,76)(H,75,93)(H,77,94)(H,78,99)(H,79,98)(H,80,96)(H,81,97)(H,83,95)(H,89,90)(H,91,92). The third-order valence-electron chi connectivity index (χ3n) is 18.8. The number of H-pyrrole nitrogens is 1. The van der Waals surface area contributed by atoms with Gasteiger partial charge in [-0.05, 0) is 74.3 Å². The molecule has 1 saturated heterocycles. The molecular weight excluding hydrogens is 1310 g/mol. The summed E-state index contributed by atoms with van der Waals surface area (Å²) in [6, 6.07) is -1.17. The molecular formula is C70H107N13O16S. The van der Waals surface area contributed by atoms with Crippen LogP contribution in [0.25, 0.3) is 0 Å². The van der Waals surface area contributed by atoms with Gasteiger partial charge in [0.05, 0.1) is 59.6 Å². The monoisotopic (exact) mass is 1420 g/mol. The molecule has 554 valence electrons. The predicted molar refractivity (Wildman–Crippen MR) is 374 cm³/mol. The zero-order chi connectivity index (χ0) is 74.3. The van der Waals surface area contributed by atoms with E-state index in [0.717, 1.165) is 6.42 Å². The number of nitrogens with one attached hydrogen (secondary N) is 8. The van der Waals surface area contributed by atoms with E-state index in [-0.39, 0.29) is 94.4 Å². The SMILES string of the molecule is CCC(C)C(N)C1=NC(C(=O)NC(CC(C)C)C(=O)CC(CCC(=O)O)C(=O)NC(C(=O)CC2CCCCNC(=O)C(CC(N)=O)CC(=O)C(CC(=O)O)NC(=O)C(Cc3c[nH]cn3)NC(=O)C(Cc3ccccc3)NC(=O)C(C(C)CC)CC(=O)C(CCCN)NC2=O)C(C)CC)CS1. The summed E-state index contributed by atoms with van der Waals surface area (Å²) in [5.41, 5.74) is 18.8. The Hall–Kier alpha value is -8.25. The van der Waals surface area contributed by atoms with Gasteiger partial charge in [-0.1, -0.05) is 111 Å². The van der Waals surface area contributed by atoms with Gasteiger partial charge in [0.1, 0.15) is 18.1 Å². The summed E-state index contributed by atoms with van der Waals surface area (Å²) in [7, 11) is 0. The number of hydrogen-bond donors (Lipinski definition) is 13. The molecule has 15 unspecified atom stereocenters. The third-order valence-corrected chi connectivity index (χ3v) is 19.9. The van der Waals surface area contributed by atoms with E-state index < -0.39 is 205 Å². The highest BCUT2D eigenvalue weighted by atomic mass is 32.2. The molecule has 1 aromatic carbocycles. The number of aliphatic carboxylic acids is 2. The predicted octanol–water partition coefficient (Wildman–Crippen LogP) is 2.68. The smallest absolute Gasteiger partial charge is 0.305 e. The quantitative estimate of drug-likeness (QED) is 0.0488. The highest BCUT2D eigenvalue weighted by Gasteiger charge is 2.40. The molecule has 29 nitrogen and oxygen atoms in total. The fourth-order valence-corrected chi connectivity index (χ4v) is 13.2. The number of hydrogen-bond acceptors (Lipinski definition) is 19. The molecule has 30 heteroatoms. The second-order valence-electron chi connectivity index (χ2n) is 27.2. The Morgan fingerprint density at radius 1 is 0.700 bits per heavy atom. The van der Waals surface area contributed by atoms with E-state index in [1.807, 2.05) is 27.7 Å². The number of carbonyl (C=O) groups excluding carboxylic acids is 12. The van der Waals surface area contributed by atoms with Crippen LogP contribution in [0.3, 0.4) is 0 Å². The van der Waals surface area contributed by atoms with Gasteiger partial charge in [-0.25, -0.2) is 4.98 Å². The Morgan fingerprint density at radius 2 is 1.34 bits per heavy atom. The average molecular weight is 1420 g/mol. The summed E-state index contributed by atoms with van der Waals surface area (Å²) >= 11 is 1.37. The highest BCUT2D eigenvalue weighted by molar-refractivity contribution is 8.14. The summed E-state index contributed by atoms with van der Waals surface area (Å²) in [4.78, 5) is 208. The number of aliphatic imine (C=N–C) groups is 1. The van der Waals surface area contributed by atoms with Crippen LogP contribution in [0.15, 0.2) is 47.8 Å². The van der Waals surface area contributed by atoms with E-state index in [1.54, 1.807) is 58.0 Å². The molecule has 16 N–H and O–H groups in total. The van der Waals surface area contributed by atoms with Crippen LogP contribution in [0.1, 0.15) is 176 Å². The third kappa shape index (κ3) is 28.1. The first-order valence-corrected chi connectivity index (χ1v) is 36.0. The van der Waals surface area contributed by atoms with Crippen molar-refractivity contribution < 1.29 is 77.3 Å². The molecule has 2 aliphatic heterocycles. The minimum absolute atomic E-state index is 0.00524. The first-order valence-electron chi connectivity index (χ1n) is 35.0. The second-order valence-corrected chi connectivity index (χ2v) is 28.2.